The highest BCUT2D eigenvalue weighted by Gasteiger charge is 2.48. The number of amides is 1. The van der Waals surface area contributed by atoms with E-state index in [4.69, 9.17) is 9.47 Å². The van der Waals surface area contributed by atoms with Gasteiger partial charge < -0.3 is 19.7 Å². The van der Waals surface area contributed by atoms with E-state index in [1.54, 1.807) is 37.4 Å². The summed E-state index contributed by atoms with van der Waals surface area (Å²) in [4.78, 5) is 32.9. The number of aromatic hydroxyl groups is 1. The molecule has 0 radical (unpaired) electrons. The number of aliphatic hydroxyl groups excluding tert-OH is 1. The summed E-state index contributed by atoms with van der Waals surface area (Å²) in [5.74, 6) is -1.20. The molecule has 1 aromatic heterocycles. The SMILES string of the molecule is COc1ccc2nc(N3C(=O)C(=O)C(=C(O)c4cc(C)ccc4C)C3c3ccc(O)c(OC)c3)sc2c1. The maximum atomic E-state index is 13.5. The molecule has 4 aromatic rings. The number of carbonyl (C=O) groups is 2. The van der Waals surface area contributed by atoms with Crippen molar-refractivity contribution in [3.05, 3.63) is 82.4 Å². The lowest BCUT2D eigenvalue weighted by Gasteiger charge is -2.23. The lowest BCUT2D eigenvalue weighted by Crippen LogP contribution is -2.29. The number of thiazole rings is 1. The van der Waals surface area contributed by atoms with Crippen LogP contribution in [0.1, 0.15) is 28.3 Å². The Kier molecular flexibility index (Phi) is 6.08. The Morgan fingerprint density at radius 3 is 2.51 bits per heavy atom. The second-order valence-corrected chi connectivity index (χ2v) is 9.76. The zero-order chi connectivity index (χ0) is 26.4. The fourth-order valence-corrected chi connectivity index (χ4v) is 5.49. The average Bonchev–Trinajstić information content (AvgIpc) is 3.43. The predicted molar refractivity (Wildman–Crippen MR) is 142 cm³/mol. The highest BCUT2D eigenvalue weighted by molar-refractivity contribution is 7.22. The van der Waals surface area contributed by atoms with Crippen molar-refractivity contribution in [3.8, 4) is 17.2 Å². The van der Waals surface area contributed by atoms with Crippen molar-refractivity contribution in [2.45, 2.75) is 19.9 Å². The Hall–Kier alpha value is -4.37. The van der Waals surface area contributed by atoms with Crippen LogP contribution in [0.5, 0.6) is 17.2 Å². The van der Waals surface area contributed by atoms with Gasteiger partial charge in [-0.15, -0.1) is 0 Å². The van der Waals surface area contributed by atoms with Crippen molar-refractivity contribution >= 4 is 44.1 Å². The number of carbonyl (C=O) groups excluding carboxylic acids is 2. The Bertz CT molecular complexity index is 1610. The van der Waals surface area contributed by atoms with Gasteiger partial charge >= 0.3 is 5.91 Å². The third-order valence-electron chi connectivity index (χ3n) is 6.40. The van der Waals surface area contributed by atoms with Crippen LogP contribution in [-0.2, 0) is 9.59 Å². The smallest absolute Gasteiger partial charge is 0.301 e. The second-order valence-electron chi connectivity index (χ2n) is 8.75. The van der Waals surface area contributed by atoms with Crippen LogP contribution in [0.3, 0.4) is 0 Å². The van der Waals surface area contributed by atoms with Gasteiger partial charge in [-0.25, -0.2) is 4.98 Å². The molecule has 1 fully saturated rings. The molecule has 0 aliphatic carbocycles. The van der Waals surface area contributed by atoms with Crippen molar-refractivity contribution in [1.82, 2.24) is 4.98 Å². The summed E-state index contributed by atoms with van der Waals surface area (Å²) in [5, 5.41) is 21.9. The number of ketones is 1. The van der Waals surface area contributed by atoms with E-state index in [1.165, 1.54) is 29.4 Å². The van der Waals surface area contributed by atoms with E-state index < -0.39 is 17.7 Å². The highest BCUT2D eigenvalue weighted by atomic mass is 32.1. The first-order chi connectivity index (χ1) is 17.7. The Morgan fingerprint density at radius 2 is 1.78 bits per heavy atom. The van der Waals surface area contributed by atoms with Gasteiger partial charge in [-0.3, -0.25) is 14.5 Å². The van der Waals surface area contributed by atoms with Gasteiger partial charge in [-0.2, -0.15) is 0 Å². The number of anilines is 1. The topological polar surface area (TPSA) is 109 Å². The molecule has 2 N–H and O–H groups in total. The first-order valence-corrected chi connectivity index (χ1v) is 12.2. The van der Waals surface area contributed by atoms with Crippen LogP contribution in [0.15, 0.2) is 60.2 Å². The first-order valence-electron chi connectivity index (χ1n) is 11.4. The Balaban J connectivity index is 1.76. The number of rotatable bonds is 5. The number of aliphatic hydroxyl groups is 1. The van der Waals surface area contributed by atoms with Gasteiger partial charge in [-0.1, -0.05) is 35.1 Å². The molecule has 8 nitrogen and oxygen atoms in total. The molecule has 9 heteroatoms. The zero-order valence-corrected chi connectivity index (χ0v) is 21.4. The fraction of sp³-hybridized carbons (Fsp3) is 0.179. The molecule has 0 bridgehead atoms. The number of aromatic nitrogens is 1. The molecule has 1 aliphatic heterocycles. The molecule has 37 heavy (non-hydrogen) atoms. The highest BCUT2D eigenvalue weighted by Crippen LogP contribution is 2.46. The Labute approximate surface area is 217 Å². The Morgan fingerprint density at radius 1 is 1.00 bits per heavy atom. The number of methoxy groups -OCH3 is 2. The number of hydrogen-bond donors (Lipinski definition) is 2. The molecule has 1 atom stereocenters. The normalized spacial score (nSPS) is 17.0. The van der Waals surface area contributed by atoms with E-state index in [9.17, 15) is 19.8 Å². The number of ether oxygens (including phenoxy) is 2. The maximum Gasteiger partial charge on any atom is 0.301 e. The fourth-order valence-electron chi connectivity index (χ4n) is 4.47. The number of fused-ring (bicyclic) bond motifs is 1. The molecule has 1 unspecified atom stereocenters. The van der Waals surface area contributed by atoms with E-state index in [-0.39, 0.29) is 22.8 Å². The molecule has 1 amide bonds. The summed E-state index contributed by atoms with van der Waals surface area (Å²) in [6.07, 6.45) is 0. The molecular weight excluding hydrogens is 492 g/mol. The van der Waals surface area contributed by atoms with Crippen molar-refractivity contribution in [2.24, 2.45) is 0 Å². The molecule has 188 valence electrons. The van der Waals surface area contributed by atoms with Crippen LogP contribution in [0.4, 0.5) is 5.13 Å². The average molecular weight is 517 g/mol. The third kappa shape index (κ3) is 4.07. The van der Waals surface area contributed by atoms with Gasteiger partial charge in [0.25, 0.3) is 5.78 Å². The summed E-state index contributed by atoms with van der Waals surface area (Å²) >= 11 is 1.23. The minimum absolute atomic E-state index is 0.0664. The van der Waals surface area contributed by atoms with Crippen LogP contribution < -0.4 is 14.4 Å². The standard InChI is InChI=1S/C28H24N2O6S/c1-14-5-6-15(2)18(11-14)25(32)23-24(16-7-10-20(31)21(12-16)36-4)30(27(34)26(23)33)28-29-19-9-8-17(35-3)13-22(19)37-28/h5-13,24,31-32H,1-4H3. The first kappa shape index (κ1) is 24.3. The number of hydrogen-bond acceptors (Lipinski definition) is 8. The van der Waals surface area contributed by atoms with E-state index in [0.717, 1.165) is 15.8 Å². The van der Waals surface area contributed by atoms with E-state index >= 15 is 0 Å². The van der Waals surface area contributed by atoms with Crippen molar-refractivity contribution in [2.75, 3.05) is 19.1 Å². The summed E-state index contributed by atoms with van der Waals surface area (Å²) in [6, 6.07) is 14.4. The lowest BCUT2D eigenvalue weighted by atomic mass is 9.93. The van der Waals surface area contributed by atoms with Crippen LogP contribution in [0.2, 0.25) is 0 Å². The summed E-state index contributed by atoms with van der Waals surface area (Å²) in [7, 11) is 2.97. The maximum absolute atomic E-state index is 13.5. The molecule has 5 rings (SSSR count). The number of Topliss-reactive ketones (excluding diaryl/α,β-unsaturated/α-hetero) is 1. The number of nitrogens with zero attached hydrogens (tertiary/aromatic N) is 2. The van der Waals surface area contributed by atoms with Crippen molar-refractivity contribution < 1.29 is 29.3 Å². The number of aryl methyl sites for hydroxylation is 2. The van der Waals surface area contributed by atoms with Crippen LogP contribution in [-0.4, -0.2) is 41.1 Å². The molecule has 3 aromatic carbocycles. The molecular formula is C28H24N2O6S. The van der Waals surface area contributed by atoms with Gasteiger partial charge in [-0.05, 0) is 61.4 Å². The van der Waals surface area contributed by atoms with Gasteiger partial charge in [0.15, 0.2) is 16.6 Å². The van der Waals surface area contributed by atoms with Crippen LogP contribution in [0.25, 0.3) is 16.0 Å². The molecule has 1 aliphatic rings. The summed E-state index contributed by atoms with van der Waals surface area (Å²) in [5.41, 5.74) is 3.15. The minimum atomic E-state index is -1.00. The van der Waals surface area contributed by atoms with Gasteiger partial charge in [0, 0.05) is 5.56 Å². The number of phenolic OH excluding ortho intramolecular Hbond substituents is 1. The number of benzene rings is 3. The third-order valence-corrected chi connectivity index (χ3v) is 7.42. The van der Waals surface area contributed by atoms with Gasteiger partial charge in [0.2, 0.25) is 0 Å². The van der Waals surface area contributed by atoms with Crippen LogP contribution in [0, 0.1) is 13.8 Å². The summed E-state index contributed by atoms with van der Waals surface area (Å²) < 4.78 is 11.4. The molecule has 0 spiro atoms. The van der Waals surface area contributed by atoms with E-state index in [0.29, 0.717) is 27.5 Å². The molecule has 2 heterocycles. The lowest BCUT2D eigenvalue weighted by molar-refractivity contribution is -0.132. The van der Waals surface area contributed by atoms with Crippen molar-refractivity contribution in [1.29, 1.82) is 0 Å². The van der Waals surface area contributed by atoms with E-state index in [1.807, 2.05) is 32.0 Å². The molecule has 0 saturated carbocycles. The largest absolute Gasteiger partial charge is 0.507 e. The minimum Gasteiger partial charge on any atom is -0.507 e. The molecule has 1 saturated heterocycles. The number of phenols is 1. The second kappa shape index (κ2) is 9.25. The van der Waals surface area contributed by atoms with Gasteiger partial charge in [0.05, 0.1) is 36.1 Å². The zero-order valence-electron chi connectivity index (χ0n) is 20.6. The predicted octanol–water partition coefficient (Wildman–Crippen LogP) is 5.26. The van der Waals surface area contributed by atoms with Crippen molar-refractivity contribution in [3.63, 3.8) is 0 Å². The monoisotopic (exact) mass is 516 g/mol. The van der Waals surface area contributed by atoms with E-state index in [2.05, 4.69) is 4.98 Å². The summed E-state index contributed by atoms with van der Waals surface area (Å²) in [6.45, 7) is 3.70. The van der Waals surface area contributed by atoms with Crippen LogP contribution >= 0.6 is 11.3 Å². The quantitative estimate of drug-likeness (QED) is 0.211. The van der Waals surface area contributed by atoms with Gasteiger partial charge in [0.1, 0.15) is 11.5 Å².